The van der Waals surface area contributed by atoms with Crippen LogP contribution in [0.3, 0.4) is 0 Å². The van der Waals surface area contributed by atoms with E-state index < -0.39 is 16.2 Å². The van der Waals surface area contributed by atoms with Crippen molar-refractivity contribution in [1.82, 2.24) is 24.2 Å². The lowest BCUT2D eigenvalue weighted by atomic mass is 10.1. The van der Waals surface area contributed by atoms with Gasteiger partial charge in [-0.15, -0.1) is 0 Å². The van der Waals surface area contributed by atoms with Gasteiger partial charge in [0, 0.05) is 48.5 Å². The number of piperidine rings is 1. The fourth-order valence-electron chi connectivity index (χ4n) is 5.19. The minimum absolute atomic E-state index is 0.266. The Morgan fingerprint density at radius 1 is 0.974 bits per heavy atom. The summed E-state index contributed by atoms with van der Waals surface area (Å²) in [4.78, 5) is 22.5. The van der Waals surface area contributed by atoms with Crippen LogP contribution in [-0.4, -0.2) is 53.4 Å². The zero-order valence-electron chi connectivity index (χ0n) is 21.0. The second-order valence-corrected chi connectivity index (χ2v) is 11.7. The van der Waals surface area contributed by atoms with Gasteiger partial charge >= 0.3 is 0 Å². The summed E-state index contributed by atoms with van der Waals surface area (Å²) in [6, 6.07) is 18.4. The Hall–Kier alpha value is -3.80. The molecule has 2 aromatic carbocycles. The molecule has 4 heterocycles. The molecule has 0 radical (unpaired) electrons. The third kappa shape index (κ3) is 4.53. The van der Waals surface area contributed by atoms with E-state index in [4.69, 9.17) is 0 Å². The molecule has 2 aromatic heterocycles. The van der Waals surface area contributed by atoms with Gasteiger partial charge in [-0.2, -0.15) is 9.29 Å². The third-order valence-electron chi connectivity index (χ3n) is 7.27. The van der Waals surface area contributed by atoms with Gasteiger partial charge in [0.15, 0.2) is 0 Å². The Labute approximate surface area is 220 Å². The summed E-state index contributed by atoms with van der Waals surface area (Å²) >= 11 is 0. The van der Waals surface area contributed by atoms with Crippen LogP contribution in [0.1, 0.15) is 24.6 Å². The van der Waals surface area contributed by atoms with E-state index in [0.717, 1.165) is 37.3 Å². The third-order valence-corrected chi connectivity index (χ3v) is 9.22. The van der Waals surface area contributed by atoms with E-state index in [0.29, 0.717) is 35.0 Å². The summed E-state index contributed by atoms with van der Waals surface area (Å²) in [5.41, 5.74) is 2.56. The SMILES string of the molecule is CN1C(n2c(=O)ccc3cnc(Nc4ccc(NC5CCNCC5)cc4)nc32)Cc2ccccc2S1(=O)=O. The molecule has 2 aliphatic heterocycles. The van der Waals surface area contributed by atoms with Crippen molar-refractivity contribution in [1.29, 1.82) is 0 Å². The monoisotopic (exact) mass is 531 g/mol. The molecule has 1 unspecified atom stereocenters. The zero-order chi connectivity index (χ0) is 26.3. The molecule has 0 amide bonds. The highest BCUT2D eigenvalue weighted by Crippen LogP contribution is 2.34. The van der Waals surface area contributed by atoms with Crippen LogP contribution in [0, 0.1) is 0 Å². The Balaban J connectivity index is 1.31. The van der Waals surface area contributed by atoms with Gasteiger partial charge in [0.2, 0.25) is 16.0 Å². The van der Waals surface area contributed by atoms with Crippen molar-refractivity contribution in [3.63, 3.8) is 0 Å². The van der Waals surface area contributed by atoms with E-state index in [9.17, 15) is 13.2 Å². The van der Waals surface area contributed by atoms with Crippen LogP contribution in [0.15, 0.2) is 76.6 Å². The highest BCUT2D eigenvalue weighted by Gasteiger charge is 2.37. The first-order valence-corrected chi connectivity index (χ1v) is 14.1. The van der Waals surface area contributed by atoms with Crippen LogP contribution in [0.5, 0.6) is 0 Å². The predicted molar refractivity (Wildman–Crippen MR) is 147 cm³/mol. The molecule has 0 bridgehead atoms. The number of nitrogens with zero attached hydrogens (tertiary/aromatic N) is 4. The maximum absolute atomic E-state index is 13.3. The second kappa shape index (κ2) is 9.82. The molecule has 196 valence electrons. The summed E-state index contributed by atoms with van der Waals surface area (Å²) in [7, 11) is -2.27. The quantitative estimate of drug-likeness (QED) is 0.359. The van der Waals surface area contributed by atoms with Gasteiger partial charge in [-0.3, -0.25) is 9.36 Å². The number of nitrogens with one attached hydrogen (secondary N) is 3. The molecule has 1 saturated heterocycles. The molecule has 0 spiro atoms. The van der Waals surface area contributed by atoms with Crippen molar-refractivity contribution in [2.75, 3.05) is 30.8 Å². The van der Waals surface area contributed by atoms with Crippen molar-refractivity contribution in [3.8, 4) is 0 Å². The number of hydrogen-bond acceptors (Lipinski definition) is 8. The number of sulfonamides is 1. The molecule has 4 aromatic rings. The summed E-state index contributed by atoms with van der Waals surface area (Å²) in [6.07, 6.45) is 3.42. The number of benzene rings is 2. The fraction of sp³-hybridized carbons (Fsp3) is 0.296. The van der Waals surface area contributed by atoms with Gasteiger partial charge in [0.05, 0.1) is 4.90 Å². The van der Waals surface area contributed by atoms with E-state index in [1.165, 1.54) is 22.0 Å². The van der Waals surface area contributed by atoms with Crippen molar-refractivity contribution >= 4 is 38.4 Å². The first-order chi connectivity index (χ1) is 18.4. The number of anilines is 3. The average Bonchev–Trinajstić information content (AvgIpc) is 2.93. The molecule has 0 aliphatic carbocycles. The zero-order valence-corrected chi connectivity index (χ0v) is 21.8. The maximum Gasteiger partial charge on any atom is 0.253 e. The standard InChI is InChI=1S/C27H29N7O3S/c1-33-24(16-18-4-2-3-5-23(18)38(33,36)37)34-25(35)11-6-19-17-29-27(32-26(19)34)31-21-9-7-20(8-10-21)30-22-12-14-28-15-13-22/h2-11,17,22,24,28,30H,12-16H2,1H3,(H,29,31,32). The number of aromatic nitrogens is 3. The Kier molecular flexibility index (Phi) is 6.34. The van der Waals surface area contributed by atoms with Crippen LogP contribution in [0.4, 0.5) is 17.3 Å². The molecule has 1 atom stereocenters. The van der Waals surface area contributed by atoms with Crippen molar-refractivity contribution in [3.05, 3.63) is 82.8 Å². The maximum atomic E-state index is 13.3. The highest BCUT2D eigenvalue weighted by molar-refractivity contribution is 7.89. The molecule has 0 saturated carbocycles. The van der Waals surface area contributed by atoms with Crippen LogP contribution >= 0.6 is 0 Å². The van der Waals surface area contributed by atoms with Crippen molar-refractivity contribution < 1.29 is 8.42 Å². The van der Waals surface area contributed by atoms with Gasteiger partial charge in [-0.05, 0) is 67.9 Å². The summed E-state index contributed by atoms with van der Waals surface area (Å²) in [5.74, 6) is 0.317. The molecule has 3 N–H and O–H groups in total. The van der Waals surface area contributed by atoms with Crippen LogP contribution < -0.4 is 21.5 Å². The Morgan fingerprint density at radius 2 is 1.71 bits per heavy atom. The van der Waals surface area contributed by atoms with E-state index in [1.54, 1.807) is 36.5 Å². The molecule has 2 aliphatic rings. The lowest BCUT2D eigenvalue weighted by Gasteiger charge is -2.34. The van der Waals surface area contributed by atoms with Crippen molar-refractivity contribution in [2.45, 2.75) is 36.4 Å². The van der Waals surface area contributed by atoms with Gasteiger partial charge in [0.25, 0.3) is 5.56 Å². The van der Waals surface area contributed by atoms with Gasteiger partial charge in [-0.25, -0.2) is 13.4 Å². The minimum Gasteiger partial charge on any atom is -0.382 e. The first kappa shape index (κ1) is 24.5. The summed E-state index contributed by atoms with van der Waals surface area (Å²) in [6.45, 7) is 2.05. The van der Waals surface area contributed by atoms with Crippen LogP contribution in [0.25, 0.3) is 11.0 Å². The normalized spacial score (nSPS) is 19.7. The summed E-state index contributed by atoms with van der Waals surface area (Å²) in [5, 5.41) is 10.8. The summed E-state index contributed by atoms with van der Waals surface area (Å²) < 4.78 is 29.2. The molecule has 10 nitrogen and oxygen atoms in total. The Morgan fingerprint density at radius 3 is 2.50 bits per heavy atom. The van der Waals surface area contributed by atoms with E-state index in [1.807, 2.05) is 24.3 Å². The van der Waals surface area contributed by atoms with Gasteiger partial charge in [0.1, 0.15) is 11.8 Å². The van der Waals surface area contributed by atoms with Crippen LogP contribution in [-0.2, 0) is 16.4 Å². The number of hydrogen-bond donors (Lipinski definition) is 3. The largest absolute Gasteiger partial charge is 0.382 e. The number of fused-ring (bicyclic) bond motifs is 2. The lowest BCUT2D eigenvalue weighted by molar-refractivity contribution is 0.271. The smallest absolute Gasteiger partial charge is 0.253 e. The lowest BCUT2D eigenvalue weighted by Crippen LogP contribution is -2.43. The predicted octanol–water partition coefficient (Wildman–Crippen LogP) is 3.07. The van der Waals surface area contributed by atoms with Gasteiger partial charge < -0.3 is 16.0 Å². The van der Waals surface area contributed by atoms with Crippen molar-refractivity contribution in [2.24, 2.45) is 0 Å². The second-order valence-electron chi connectivity index (χ2n) is 9.70. The number of likely N-dealkylation sites (N-methyl/N-ethyl adjacent to an activating group) is 1. The molecular formula is C27H29N7O3S. The topological polar surface area (TPSA) is 121 Å². The van der Waals surface area contributed by atoms with E-state index in [-0.39, 0.29) is 10.5 Å². The van der Waals surface area contributed by atoms with E-state index >= 15 is 0 Å². The average molecular weight is 532 g/mol. The first-order valence-electron chi connectivity index (χ1n) is 12.7. The molecule has 11 heteroatoms. The number of rotatable bonds is 5. The molecule has 6 rings (SSSR count). The molecular weight excluding hydrogens is 502 g/mol. The molecule has 1 fully saturated rings. The number of pyridine rings is 1. The highest BCUT2D eigenvalue weighted by atomic mass is 32.2. The minimum atomic E-state index is -3.77. The fourth-order valence-corrected chi connectivity index (χ4v) is 6.72. The van der Waals surface area contributed by atoms with Gasteiger partial charge in [-0.1, -0.05) is 18.2 Å². The van der Waals surface area contributed by atoms with Crippen LogP contribution in [0.2, 0.25) is 0 Å². The Bertz CT molecular complexity index is 1650. The van der Waals surface area contributed by atoms with E-state index in [2.05, 4.69) is 25.9 Å². The molecule has 38 heavy (non-hydrogen) atoms.